The maximum atomic E-state index is 10.3. The SMILES string of the molecule is COc1cnccc1C(O)c1nccnc1OC. The van der Waals surface area contributed by atoms with Gasteiger partial charge in [0.05, 0.1) is 20.4 Å². The third-order valence-corrected chi connectivity index (χ3v) is 2.47. The van der Waals surface area contributed by atoms with E-state index in [0.29, 0.717) is 17.0 Å². The smallest absolute Gasteiger partial charge is 0.238 e. The number of ether oxygens (including phenoxy) is 2. The molecule has 0 spiro atoms. The molecule has 2 heterocycles. The summed E-state index contributed by atoms with van der Waals surface area (Å²) >= 11 is 0. The van der Waals surface area contributed by atoms with Crippen LogP contribution in [0.2, 0.25) is 0 Å². The summed E-state index contributed by atoms with van der Waals surface area (Å²) in [5.74, 6) is 0.765. The Kier molecular flexibility index (Phi) is 3.69. The van der Waals surface area contributed by atoms with Crippen molar-refractivity contribution in [1.82, 2.24) is 15.0 Å². The van der Waals surface area contributed by atoms with Gasteiger partial charge in [0.15, 0.2) is 0 Å². The number of hydrogen-bond donors (Lipinski definition) is 1. The van der Waals surface area contributed by atoms with E-state index in [0.717, 1.165) is 0 Å². The van der Waals surface area contributed by atoms with Crippen molar-refractivity contribution in [2.45, 2.75) is 6.10 Å². The Balaban J connectivity index is 2.44. The van der Waals surface area contributed by atoms with Crippen molar-refractivity contribution in [3.63, 3.8) is 0 Å². The molecule has 94 valence electrons. The van der Waals surface area contributed by atoms with Crippen LogP contribution in [-0.2, 0) is 0 Å². The van der Waals surface area contributed by atoms with Gasteiger partial charge in [0.25, 0.3) is 0 Å². The summed E-state index contributed by atoms with van der Waals surface area (Å²) in [7, 11) is 2.99. The average molecular weight is 247 g/mol. The molecule has 6 nitrogen and oxygen atoms in total. The first-order chi connectivity index (χ1) is 8.77. The van der Waals surface area contributed by atoms with Gasteiger partial charge in [0, 0.05) is 24.2 Å². The normalized spacial score (nSPS) is 11.9. The molecule has 6 heteroatoms. The highest BCUT2D eigenvalue weighted by Gasteiger charge is 2.21. The lowest BCUT2D eigenvalue weighted by molar-refractivity contribution is 0.202. The predicted octanol–water partition coefficient (Wildman–Crippen LogP) is 0.970. The maximum Gasteiger partial charge on any atom is 0.238 e. The molecule has 0 radical (unpaired) electrons. The number of aliphatic hydroxyl groups excluding tert-OH is 1. The van der Waals surface area contributed by atoms with Gasteiger partial charge in [-0.1, -0.05) is 0 Å². The molecule has 0 aromatic carbocycles. The second kappa shape index (κ2) is 5.42. The number of methoxy groups -OCH3 is 2. The zero-order chi connectivity index (χ0) is 13.0. The molecule has 0 saturated carbocycles. The lowest BCUT2D eigenvalue weighted by atomic mass is 10.1. The van der Waals surface area contributed by atoms with Crippen LogP contribution in [0, 0.1) is 0 Å². The van der Waals surface area contributed by atoms with E-state index in [-0.39, 0.29) is 5.88 Å². The number of nitrogens with zero attached hydrogens (tertiary/aromatic N) is 3. The van der Waals surface area contributed by atoms with Gasteiger partial charge in [-0.25, -0.2) is 4.98 Å². The molecule has 0 aliphatic heterocycles. The fourth-order valence-corrected chi connectivity index (χ4v) is 1.62. The van der Waals surface area contributed by atoms with Crippen LogP contribution in [0.15, 0.2) is 30.9 Å². The second-order valence-corrected chi connectivity index (χ2v) is 3.47. The van der Waals surface area contributed by atoms with Gasteiger partial charge in [-0.3, -0.25) is 9.97 Å². The fourth-order valence-electron chi connectivity index (χ4n) is 1.62. The largest absolute Gasteiger partial charge is 0.495 e. The lowest BCUT2D eigenvalue weighted by Gasteiger charge is -2.15. The van der Waals surface area contributed by atoms with Gasteiger partial charge in [-0.15, -0.1) is 0 Å². The van der Waals surface area contributed by atoms with E-state index >= 15 is 0 Å². The van der Waals surface area contributed by atoms with Crippen LogP contribution in [0.25, 0.3) is 0 Å². The number of hydrogen-bond acceptors (Lipinski definition) is 6. The molecule has 2 rings (SSSR count). The topological polar surface area (TPSA) is 77.4 Å². The van der Waals surface area contributed by atoms with E-state index in [2.05, 4.69) is 15.0 Å². The molecule has 0 bridgehead atoms. The number of rotatable bonds is 4. The molecule has 0 aliphatic carbocycles. The minimum atomic E-state index is -0.980. The molecule has 0 amide bonds. The van der Waals surface area contributed by atoms with E-state index < -0.39 is 6.10 Å². The highest BCUT2D eigenvalue weighted by Crippen LogP contribution is 2.31. The summed E-state index contributed by atoms with van der Waals surface area (Å²) in [4.78, 5) is 12.0. The molecule has 0 fully saturated rings. The maximum absolute atomic E-state index is 10.3. The summed E-state index contributed by atoms with van der Waals surface area (Å²) in [5, 5.41) is 10.3. The summed E-state index contributed by atoms with van der Waals surface area (Å²) < 4.78 is 10.2. The first-order valence-corrected chi connectivity index (χ1v) is 5.28. The number of aromatic nitrogens is 3. The van der Waals surface area contributed by atoms with Crippen LogP contribution in [0.3, 0.4) is 0 Å². The molecular weight excluding hydrogens is 234 g/mol. The van der Waals surface area contributed by atoms with Crippen molar-refractivity contribution in [2.75, 3.05) is 14.2 Å². The summed E-state index contributed by atoms with van der Waals surface area (Å²) in [6.45, 7) is 0. The molecule has 1 N–H and O–H groups in total. The quantitative estimate of drug-likeness (QED) is 0.867. The Morgan fingerprint density at radius 3 is 2.61 bits per heavy atom. The minimum Gasteiger partial charge on any atom is -0.495 e. The van der Waals surface area contributed by atoms with Crippen molar-refractivity contribution in [1.29, 1.82) is 0 Å². The summed E-state index contributed by atoms with van der Waals surface area (Å²) in [5.41, 5.74) is 0.899. The van der Waals surface area contributed by atoms with E-state index in [9.17, 15) is 5.11 Å². The number of pyridine rings is 1. The Morgan fingerprint density at radius 2 is 1.89 bits per heavy atom. The third-order valence-electron chi connectivity index (χ3n) is 2.47. The fraction of sp³-hybridized carbons (Fsp3) is 0.250. The van der Waals surface area contributed by atoms with Crippen molar-refractivity contribution in [3.8, 4) is 11.6 Å². The Bertz CT molecular complexity index is 486. The summed E-state index contributed by atoms with van der Waals surface area (Å²) in [6.07, 6.45) is 5.12. The Labute approximate surface area is 104 Å². The van der Waals surface area contributed by atoms with Crippen LogP contribution >= 0.6 is 0 Å². The molecule has 2 aromatic rings. The molecular formula is C12H13N3O3. The van der Waals surface area contributed by atoms with Gasteiger partial charge >= 0.3 is 0 Å². The molecule has 1 atom stereocenters. The lowest BCUT2D eigenvalue weighted by Crippen LogP contribution is -2.07. The highest BCUT2D eigenvalue weighted by atomic mass is 16.5. The van der Waals surface area contributed by atoms with E-state index in [1.807, 2.05) is 0 Å². The molecule has 2 aromatic heterocycles. The van der Waals surface area contributed by atoms with Crippen molar-refractivity contribution in [3.05, 3.63) is 42.1 Å². The van der Waals surface area contributed by atoms with Crippen molar-refractivity contribution < 1.29 is 14.6 Å². The van der Waals surface area contributed by atoms with Gasteiger partial charge in [-0.05, 0) is 6.07 Å². The second-order valence-electron chi connectivity index (χ2n) is 3.47. The zero-order valence-electron chi connectivity index (χ0n) is 10.1. The standard InChI is InChI=1S/C12H13N3O3/c1-17-9-7-13-4-3-8(9)11(16)10-12(18-2)15-6-5-14-10/h3-7,11,16H,1-2H3. The van der Waals surface area contributed by atoms with Crippen LogP contribution in [0.5, 0.6) is 11.6 Å². The Morgan fingerprint density at radius 1 is 1.11 bits per heavy atom. The minimum absolute atomic E-state index is 0.281. The van der Waals surface area contributed by atoms with E-state index in [4.69, 9.17) is 9.47 Å². The first-order valence-electron chi connectivity index (χ1n) is 5.28. The van der Waals surface area contributed by atoms with Crippen LogP contribution in [-0.4, -0.2) is 34.3 Å². The summed E-state index contributed by atoms with van der Waals surface area (Å²) in [6, 6.07) is 1.66. The molecule has 1 unspecified atom stereocenters. The van der Waals surface area contributed by atoms with Gasteiger partial charge in [-0.2, -0.15) is 0 Å². The Hall–Kier alpha value is -2.21. The predicted molar refractivity (Wildman–Crippen MR) is 63.4 cm³/mol. The van der Waals surface area contributed by atoms with Crippen LogP contribution in [0.1, 0.15) is 17.4 Å². The average Bonchev–Trinajstić information content (AvgIpc) is 2.46. The molecule has 18 heavy (non-hydrogen) atoms. The highest BCUT2D eigenvalue weighted by molar-refractivity contribution is 5.38. The van der Waals surface area contributed by atoms with Crippen LogP contribution in [0.4, 0.5) is 0 Å². The van der Waals surface area contributed by atoms with E-state index in [1.54, 1.807) is 12.3 Å². The van der Waals surface area contributed by atoms with Crippen LogP contribution < -0.4 is 9.47 Å². The van der Waals surface area contributed by atoms with E-state index in [1.165, 1.54) is 32.8 Å². The van der Waals surface area contributed by atoms with Crippen molar-refractivity contribution >= 4 is 0 Å². The van der Waals surface area contributed by atoms with Gasteiger partial charge < -0.3 is 14.6 Å². The van der Waals surface area contributed by atoms with Gasteiger partial charge in [0.2, 0.25) is 5.88 Å². The first kappa shape index (κ1) is 12.3. The third kappa shape index (κ3) is 2.23. The molecule has 0 aliphatic rings. The van der Waals surface area contributed by atoms with Crippen molar-refractivity contribution in [2.24, 2.45) is 0 Å². The zero-order valence-corrected chi connectivity index (χ0v) is 10.1. The number of aliphatic hydroxyl groups is 1. The molecule has 0 saturated heterocycles. The van der Waals surface area contributed by atoms with Gasteiger partial charge in [0.1, 0.15) is 17.5 Å². The monoisotopic (exact) mass is 247 g/mol.